The van der Waals surface area contributed by atoms with Crippen molar-refractivity contribution >= 4 is 23.1 Å². The second-order valence-electron chi connectivity index (χ2n) is 4.90. The summed E-state index contributed by atoms with van der Waals surface area (Å²) in [6.45, 7) is 3.79. The number of ether oxygens (including phenoxy) is 2. The molecule has 24 heavy (non-hydrogen) atoms. The van der Waals surface area contributed by atoms with Gasteiger partial charge in [0.05, 0.1) is 19.8 Å². The number of carbonyl (C=O) groups is 2. The van der Waals surface area contributed by atoms with E-state index in [1.807, 2.05) is 13.0 Å². The van der Waals surface area contributed by atoms with Crippen molar-refractivity contribution in [3.63, 3.8) is 0 Å². The quantitative estimate of drug-likeness (QED) is 0.591. The van der Waals surface area contributed by atoms with Gasteiger partial charge >= 0.3 is 5.97 Å². The molecule has 0 bridgehead atoms. The van der Waals surface area contributed by atoms with Crippen LogP contribution in [0.25, 0.3) is 0 Å². The third-order valence-corrected chi connectivity index (χ3v) is 4.25. The van der Waals surface area contributed by atoms with Crippen molar-refractivity contribution in [1.29, 1.82) is 5.26 Å². The molecule has 0 spiro atoms. The summed E-state index contributed by atoms with van der Waals surface area (Å²) in [7, 11) is 1.52. The van der Waals surface area contributed by atoms with Crippen molar-refractivity contribution in [1.82, 2.24) is 4.98 Å². The lowest BCUT2D eigenvalue weighted by molar-refractivity contribution is 0.0519. The molecule has 0 radical (unpaired) electrons. The van der Waals surface area contributed by atoms with Crippen molar-refractivity contribution in [3.05, 3.63) is 45.4 Å². The van der Waals surface area contributed by atoms with E-state index >= 15 is 0 Å². The summed E-state index contributed by atoms with van der Waals surface area (Å²) in [5, 5.41) is 11.1. The van der Waals surface area contributed by atoms with E-state index in [9.17, 15) is 14.9 Å². The Balaban J connectivity index is 2.30. The Labute approximate surface area is 143 Å². The van der Waals surface area contributed by atoms with Crippen molar-refractivity contribution in [2.75, 3.05) is 13.7 Å². The van der Waals surface area contributed by atoms with E-state index in [-0.39, 0.29) is 23.1 Å². The van der Waals surface area contributed by atoms with E-state index in [1.165, 1.54) is 12.5 Å². The number of esters is 1. The molecule has 0 N–H and O–H groups in total. The predicted octanol–water partition coefficient (Wildman–Crippen LogP) is 3.13. The van der Waals surface area contributed by atoms with Gasteiger partial charge in [-0.2, -0.15) is 5.26 Å². The first-order valence-electron chi connectivity index (χ1n) is 7.22. The van der Waals surface area contributed by atoms with Crippen LogP contribution in [0.15, 0.2) is 23.6 Å². The highest BCUT2D eigenvalue weighted by Crippen LogP contribution is 2.27. The highest BCUT2D eigenvalue weighted by molar-refractivity contribution is 7.10. The summed E-state index contributed by atoms with van der Waals surface area (Å²) < 4.78 is 10.1. The van der Waals surface area contributed by atoms with Gasteiger partial charge in [-0.1, -0.05) is 12.1 Å². The molecule has 0 saturated heterocycles. The summed E-state index contributed by atoms with van der Waals surface area (Å²) in [6.07, 6.45) is 0. The highest BCUT2D eigenvalue weighted by atomic mass is 32.1. The molecule has 0 unspecified atom stereocenters. The zero-order valence-electron chi connectivity index (χ0n) is 13.5. The molecule has 6 nitrogen and oxygen atoms in total. The number of Topliss-reactive ketones (excluding diaryl/α,β-unsaturated/α-hetero) is 1. The van der Waals surface area contributed by atoms with Crippen LogP contribution >= 0.6 is 11.3 Å². The molecule has 124 valence electrons. The number of ketones is 1. The fourth-order valence-electron chi connectivity index (χ4n) is 2.08. The number of aromatic nitrogens is 1. The minimum atomic E-state index is -1.08. The third kappa shape index (κ3) is 3.60. The largest absolute Gasteiger partial charge is 0.496 e. The summed E-state index contributed by atoms with van der Waals surface area (Å²) in [6, 6.07) is 6.96. The van der Waals surface area contributed by atoms with E-state index in [1.54, 1.807) is 25.1 Å². The van der Waals surface area contributed by atoms with Gasteiger partial charge in [-0.25, -0.2) is 9.78 Å². The Kier molecular flexibility index (Phi) is 5.66. The van der Waals surface area contributed by atoms with E-state index in [2.05, 4.69) is 4.98 Å². The molecule has 7 heteroatoms. The minimum absolute atomic E-state index is 0.103. The smallest absolute Gasteiger partial charge is 0.357 e. The van der Waals surface area contributed by atoms with E-state index in [0.29, 0.717) is 11.3 Å². The van der Waals surface area contributed by atoms with Crippen molar-refractivity contribution < 1.29 is 19.1 Å². The topological polar surface area (TPSA) is 89.3 Å². The molecule has 1 atom stereocenters. The average Bonchev–Trinajstić information content (AvgIpc) is 3.06. The molecule has 2 rings (SSSR count). The number of benzene rings is 1. The van der Waals surface area contributed by atoms with Gasteiger partial charge in [0.1, 0.15) is 10.8 Å². The van der Waals surface area contributed by atoms with Gasteiger partial charge in [-0.05, 0) is 25.5 Å². The van der Waals surface area contributed by atoms with Crippen LogP contribution in [0.3, 0.4) is 0 Å². The van der Waals surface area contributed by atoms with E-state index in [0.717, 1.165) is 16.9 Å². The SMILES string of the molecule is CCOC(=O)c1csc([C@H](C#N)C(=O)c2ccc(C)c(OC)c2)n1. The molecule has 1 aromatic carbocycles. The maximum absolute atomic E-state index is 12.6. The summed E-state index contributed by atoms with van der Waals surface area (Å²) in [5.74, 6) is -1.46. The highest BCUT2D eigenvalue weighted by Gasteiger charge is 2.26. The predicted molar refractivity (Wildman–Crippen MR) is 88.5 cm³/mol. The number of methoxy groups -OCH3 is 1. The van der Waals surface area contributed by atoms with Crippen LogP contribution in [0.1, 0.15) is 44.3 Å². The Morgan fingerprint density at radius 1 is 1.42 bits per heavy atom. The third-order valence-electron chi connectivity index (χ3n) is 3.34. The van der Waals surface area contributed by atoms with Crippen LogP contribution in [0.5, 0.6) is 5.75 Å². The second-order valence-corrected chi connectivity index (χ2v) is 5.79. The molecule has 2 aromatic rings. The zero-order chi connectivity index (χ0) is 17.7. The van der Waals surface area contributed by atoms with Crippen LogP contribution in [-0.4, -0.2) is 30.5 Å². The summed E-state index contributed by atoms with van der Waals surface area (Å²) in [4.78, 5) is 28.4. The van der Waals surface area contributed by atoms with Crippen LogP contribution in [-0.2, 0) is 4.74 Å². The number of hydrogen-bond acceptors (Lipinski definition) is 7. The summed E-state index contributed by atoms with van der Waals surface area (Å²) in [5.41, 5.74) is 1.35. The monoisotopic (exact) mass is 344 g/mol. The van der Waals surface area contributed by atoms with Gasteiger partial charge in [0, 0.05) is 10.9 Å². The Hall–Kier alpha value is -2.72. The van der Waals surface area contributed by atoms with Crippen LogP contribution in [0.4, 0.5) is 0 Å². The number of hydrogen-bond donors (Lipinski definition) is 0. The Morgan fingerprint density at radius 3 is 2.79 bits per heavy atom. The van der Waals surface area contributed by atoms with Crippen molar-refractivity contribution in [2.24, 2.45) is 0 Å². The van der Waals surface area contributed by atoms with Gasteiger partial charge in [-0.15, -0.1) is 11.3 Å². The molecule has 1 aromatic heterocycles. The molecule has 0 aliphatic carbocycles. The van der Waals surface area contributed by atoms with Crippen molar-refractivity contribution in [2.45, 2.75) is 19.8 Å². The van der Waals surface area contributed by atoms with E-state index in [4.69, 9.17) is 9.47 Å². The zero-order valence-corrected chi connectivity index (χ0v) is 14.3. The lowest BCUT2D eigenvalue weighted by Gasteiger charge is -2.09. The lowest BCUT2D eigenvalue weighted by atomic mass is 9.98. The molecule has 0 fully saturated rings. The number of nitrogens with zero attached hydrogens (tertiary/aromatic N) is 2. The lowest BCUT2D eigenvalue weighted by Crippen LogP contribution is -2.12. The molecule has 1 heterocycles. The van der Waals surface area contributed by atoms with Gasteiger partial charge in [0.15, 0.2) is 17.4 Å². The number of nitriles is 1. The first-order valence-corrected chi connectivity index (χ1v) is 8.10. The number of thiazole rings is 1. The molecule has 0 aliphatic rings. The molecule has 0 amide bonds. The average molecular weight is 344 g/mol. The first kappa shape index (κ1) is 17.6. The fourth-order valence-corrected chi connectivity index (χ4v) is 2.91. The first-order chi connectivity index (χ1) is 11.5. The number of aryl methyl sites for hydroxylation is 1. The molecular formula is C17H16N2O4S. The second kappa shape index (κ2) is 7.70. The molecule has 0 aliphatic heterocycles. The van der Waals surface area contributed by atoms with Gasteiger partial charge in [0.25, 0.3) is 0 Å². The minimum Gasteiger partial charge on any atom is -0.496 e. The van der Waals surface area contributed by atoms with E-state index < -0.39 is 11.9 Å². The van der Waals surface area contributed by atoms with Crippen LogP contribution < -0.4 is 4.74 Å². The maximum atomic E-state index is 12.6. The standard InChI is InChI=1S/C17H16N2O4S/c1-4-23-17(21)13-9-24-16(19-13)12(8-18)15(20)11-6-5-10(2)14(7-11)22-3/h5-7,9,12H,4H2,1-3H3/t12-/m1/s1. The molecular weight excluding hydrogens is 328 g/mol. The number of rotatable bonds is 6. The van der Waals surface area contributed by atoms with Gasteiger partial charge in [-0.3, -0.25) is 4.79 Å². The van der Waals surface area contributed by atoms with Crippen molar-refractivity contribution in [3.8, 4) is 11.8 Å². The van der Waals surface area contributed by atoms with Gasteiger partial charge < -0.3 is 9.47 Å². The number of carbonyl (C=O) groups excluding carboxylic acids is 2. The van der Waals surface area contributed by atoms with Gasteiger partial charge in [0.2, 0.25) is 0 Å². The van der Waals surface area contributed by atoms with Crippen LogP contribution in [0, 0.1) is 18.3 Å². The Bertz CT molecular complexity index is 807. The fraction of sp³-hybridized carbons (Fsp3) is 0.294. The Morgan fingerprint density at radius 2 is 2.17 bits per heavy atom. The van der Waals surface area contributed by atoms with Crippen LogP contribution in [0.2, 0.25) is 0 Å². The summed E-state index contributed by atoms with van der Waals surface area (Å²) >= 11 is 1.09. The normalized spacial score (nSPS) is 11.4. The molecule has 0 saturated carbocycles. The maximum Gasteiger partial charge on any atom is 0.357 e.